The zero-order valence-electron chi connectivity index (χ0n) is 30.4. The number of rotatable bonds is 10. The highest BCUT2D eigenvalue weighted by Crippen LogP contribution is 2.59. The maximum Gasteiger partial charge on any atom is 0.239 e. The number of hydrogen-bond acceptors (Lipinski definition) is 6. The summed E-state index contributed by atoms with van der Waals surface area (Å²) in [6.45, 7) is 8.31. The van der Waals surface area contributed by atoms with Crippen LogP contribution in [-0.2, 0) is 9.59 Å². The van der Waals surface area contributed by atoms with Crippen LogP contribution in [-0.4, -0.2) is 44.0 Å². The van der Waals surface area contributed by atoms with Crippen LogP contribution in [0.15, 0.2) is 96.0 Å². The Bertz CT molecular complexity index is 2010. The number of amides is 2. The number of benzene rings is 4. The van der Waals surface area contributed by atoms with Gasteiger partial charge in [0.05, 0.1) is 48.5 Å². The highest BCUT2D eigenvalue weighted by molar-refractivity contribution is 6.31. The van der Waals surface area contributed by atoms with Gasteiger partial charge in [0.1, 0.15) is 17.7 Å². The molecule has 2 saturated heterocycles. The third kappa shape index (κ3) is 5.28. The van der Waals surface area contributed by atoms with Crippen molar-refractivity contribution in [2.24, 2.45) is 15.8 Å². The Kier molecular flexibility index (Phi) is 9.51. The molecule has 7 rings (SSSR count). The highest BCUT2D eigenvalue weighted by atomic mass is 35.5. The monoisotopic (exact) mass is 738 g/mol. The number of carbonyl (C=O) groups is 2. The molecule has 0 radical (unpaired) electrons. The second kappa shape index (κ2) is 13.8. The lowest BCUT2D eigenvalue weighted by Gasteiger charge is -2.62. The first-order chi connectivity index (χ1) is 25.1. The van der Waals surface area contributed by atoms with E-state index >= 15 is 4.79 Å². The van der Waals surface area contributed by atoms with Crippen molar-refractivity contribution in [1.82, 2.24) is 0 Å². The van der Waals surface area contributed by atoms with Crippen LogP contribution in [0.5, 0.6) is 11.5 Å². The summed E-state index contributed by atoms with van der Waals surface area (Å²) >= 11 is 13.2. The largest absolute Gasteiger partial charge is 0.497 e. The van der Waals surface area contributed by atoms with Crippen molar-refractivity contribution < 1.29 is 19.1 Å². The maximum absolute atomic E-state index is 15.4. The van der Waals surface area contributed by atoms with E-state index in [0.717, 1.165) is 39.8 Å². The van der Waals surface area contributed by atoms with Crippen LogP contribution in [0.1, 0.15) is 65.0 Å². The number of nitrogens with zero attached hydrogens (tertiary/aromatic N) is 4. The Morgan fingerprint density at radius 2 is 1.19 bits per heavy atom. The van der Waals surface area contributed by atoms with Gasteiger partial charge in [-0.15, -0.1) is 0 Å². The van der Waals surface area contributed by atoms with Gasteiger partial charge < -0.3 is 19.3 Å². The standard InChI is InChI=1S/C42H44Cl2N4O4/c1-7-41(8-2)37(45-28-14-20-31(51-5)21-15-28)36-35(46(39(41)49)29-16-11-26(43)12-17-29)33-25-27(44)13-24-34(33)48(36)38-42(9-3,10-4)40(50)47(38)30-18-22-32(52-6)23-19-30/h11-25,35-36,38H,7-10H2,1-6H3. The fourth-order valence-corrected chi connectivity index (χ4v) is 9.09. The molecule has 0 aliphatic carbocycles. The molecule has 2 fully saturated rings. The van der Waals surface area contributed by atoms with Crippen LogP contribution < -0.4 is 24.2 Å². The van der Waals surface area contributed by atoms with E-state index in [1.807, 2.05) is 101 Å². The van der Waals surface area contributed by atoms with E-state index in [4.69, 9.17) is 37.7 Å². The lowest BCUT2D eigenvalue weighted by atomic mass is 9.66. The predicted octanol–water partition coefficient (Wildman–Crippen LogP) is 10.0. The molecule has 0 saturated carbocycles. The first-order valence-corrected chi connectivity index (χ1v) is 18.8. The molecule has 8 nitrogen and oxygen atoms in total. The molecule has 4 aromatic carbocycles. The SMILES string of the molecule is CCC1(CC)C(=O)N(c2ccc(Cl)cc2)C2c3cc(Cl)ccc3N(C3N(c4ccc(OC)cc4)C(=O)C3(CC)CC)C2C1=Nc1ccc(OC)cc1. The molecule has 3 heterocycles. The van der Waals surface area contributed by atoms with Gasteiger partial charge in [0.2, 0.25) is 11.8 Å². The Morgan fingerprint density at radius 3 is 1.75 bits per heavy atom. The van der Waals surface area contributed by atoms with Crippen molar-refractivity contribution in [3.8, 4) is 11.5 Å². The van der Waals surface area contributed by atoms with E-state index in [0.29, 0.717) is 41.5 Å². The first-order valence-electron chi connectivity index (χ1n) is 18.0. The van der Waals surface area contributed by atoms with Crippen LogP contribution >= 0.6 is 23.2 Å². The second-order valence-corrected chi connectivity index (χ2v) is 14.6. The van der Waals surface area contributed by atoms with Crippen LogP contribution in [0.3, 0.4) is 0 Å². The van der Waals surface area contributed by atoms with E-state index in [2.05, 4.69) is 32.6 Å². The number of hydrogen-bond donors (Lipinski definition) is 0. The molecule has 52 heavy (non-hydrogen) atoms. The number of methoxy groups -OCH3 is 2. The molecule has 0 aromatic heterocycles. The van der Waals surface area contributed by atoms with Gasteiger partial charge in [0.15, 0.2) is 0 Å². The Balaban J connectivity index is 1.54. The van der Waals surface area contributed by atoms with Crippen LogP contribution in [0.2, 0.25) is 10.0 Å². The van der Waals surface area contributed by atoms with Crippen molar-refractivity contribution >= 4 is 63.5 Å². The lowest BCUT2D eigenvalue weighted by Crippen LogP contribution is -2.78. The third-order valence-electron chi connectivity index (χ3n) is 11.8. The Morgan fingerprint density at radius 1 is 0.654 bits per heavy atom. The van der Waals surface area contributed by atoms with Crippen molar-refractivity contribution in [1.29, 1.82) is 0 Å². The van der Waals surface area contributed by atoms with Crippen molar-refractivity contribution in [2.75, 3.05) is 28.9 Å². The fraction of sp³-hybridized carbons (Fsp3) is 0.357. The van der Waals surface area contributed by atoms with E-state index in [-0.39, 0.29) is 11.8 Å². The van der Waals surface area contributed by atoms with Gasteiger partial charge in [0.25, 0.3) is 0 Å². The molecular formula is C42H44Cl2N4O4. The summed E-state index contributed by atoms with van der Waals surface area (Å²) in [4.78, 5) is 41.7. The van der Waals surface area contributed by atoms with Gasteiger partial charge in [-0.25, -0.2) is 0 Å². The van der Waals surface area contributed by atoms with E-state index < -0.39 is 29.1 Å². The number of fused-ring (bicyclic) bond motifs is 3. The van der Waals surface area contributed by atoms with Gasteiger partial charge >= 0.3 is 0 Å². The summed E-state index contributed by atoms with van der Waals surface area (Å²) in [5, 5.41) is 1.15. The third-order valence-corrected chi connectivity index (χ3v) is 12.2. The predicted molar refractivity (Wildman–Crippen MR) is 210 cm³/mol. The smallest absolute Gasteiger partial charge is 0.239 e. The van der Waals surface area contributed by atoms with Crippen LogP contribution in [0.4, 0.5) is 22.7 Å². The van der Waals surface area contributed by atoms with Gasteiger partial charge in [-0.05, 0) is 117 Å². The zero-order chi connectivity index (χ0) is 36.9. The van der Waals surface area contributed by atoms with Crippen LogP contribution in [0, 0.1) is 10.8 Å². The molecule has 3 aliphatic rings. The quantitative estimate of drug-likeness (QED) is 0.152. The zero-order valence-corrected chi connectivity index (χ0v) is 31.9. The summed E-state index contributed by atoms with van der Waals surface area (Å²) in [6, 6.07) is 27.7. The average Bonchev–Trinajstić information content (AvgIpc) is 3.48. The molecule has 3 unspecified atom stereocenters. The Hall–Kier alpha value is -4.53. The van der Waals surface area contributed by atoms with E-state index in [1.54, 1.807) is 14.2 Å². The molecule has 270 valence electrons. The number of β-lactam (4-membered cyclic amide) rings is 1. The molecule has 3 aliphatic heterocycles. The summed E-state index contributed by atoms with van der Waals surface area (Å²) in [6.07, 6.45) is 1.91. The van der Waals surface area contributed by atoms with Gasteiger partial charge in [0, 0.05) is 32.7 Å². The molecule has 2 amide bonds. The maximum atomic E-state index is 15.4. The number of carbonyl (C=O) groups excluding carboxylic acids is 2. The lowest BCUT2D eigenvalue weighted by molar-refractivity contribution is -0.141. The van der Waals surface area contributed by atoms with E-state index in [9.17, 15) is 4.79 Å². The molecule has 10 heteroatoms. The Labute approximate surface area is 315 Å². The molecule has 0 N–H and O–H groups in total. The van der Waals surface area contributed by atoms with Crippen LogP contribution in [0.25, 0.3) is 0 Å². The normalized spacial score (nSPS) is 22.3. The summed E-state index contributed by atoms with van der Waals surface area (Å²) in [5.74, 6) is 1.46. The molecule has 0 spiro atoms. The van der Waals surface area contributed by atoms with Gasteiger partial charge in [-0.3, -0.25) is 19.5 Å². The van der Waals surface area contributed by atoms with Crippen molar-refractivity contribution in [2.45, 2.75) is 71.6 Å². The van der Waals surface area contributed by atoms with Gasteiger partial charge in [-0.2, -0.15) is 0 Å². The number of anilines is 3. The minimum absolute atomic E-state index is 0.0324. The number of aliphatic imine (C=N–C) groups is 1. The first kappa shape index (κ1) is 35.9. The van der Waals surface area contributed by atoms with Crippen molar-refractivity contribution in [3.05, 3.63) is 107 Å². The average molecular weight is 740 g/mol. The molecular weight excluding hydrogens is 695 g/mol. The molecule has 0 bridgehead atoms. The fourth-order valence-electron chi connectivity index (χ4n) is 8.78. The topological polar surface area (TPSA) is 74.7 Å². The number of piperidine rings is 1. The molecule has 3 atom stereocenters. The minimum Gasteiger partial charge on any atom is -0.497 e. The van der Waals surface area contributed by atoms with Gasteiger partial charge in [-0.1, -0.05) is 50.9 Å². The minimum atomic E-state index is -0.968. The highest BCUT2D eigenvalue weighted by Gasteiger charge is 2.68. The number of halogens is 2. The number of ether oxygens (including phenoxy) is 2. The second-order valence-electron chi connectivity index (χ2n) is 13.7. The van der Waals surface area contributed by atoms with Crippen molar-refractivity contribution in [3.63, 3.8) is 0 Å². The summed E-state index contributed by atoms with van der Waals surface area (Å²) in [7, 11) is 3.27. The van der Waals surface area contributed by atoms with E-state index in [1.165, 1.54) is 0 Å². The molecule has 4 aromatic rings. The summed E-state index contributed by atoms with van der Waals surface area (Å²) in [5.41, 5.74) is 3.15. The summed E-state index contributed by atoms with van der Waals surface area (Å²) < 4.78 is 10.9.